The highest BCUT2D eigenvalue weighted by Gasteiger charge is 2.30. The van der Waals surface area contributed by atoms with Crippen LogP contribution in [-0.2, 0) is 6.42 Å². The van der Waals surface area contributed by atoms with Gasteiger partial charge in [-0.05, 0) is 43.5 Å². The molecule has 1 aromatic carbocycles. The maximum Gasteiger partial charge on any atom is 0.322 e. The van der Waals surface area contributed by atoms with Crippen LogP contribution in [0.3, 0.4) is 0 Å². The van der Waals surface area contributed by atoms with Crippen molar-refractivity contribution < 1.29 is 4.79 Å². The van der Waals surface area contributed by atoms with Gasteiger partial charge in [0.1, 0.15) is 0 Å². The molecular formula is C14H21N3O. The van der Waals surface area contributed by atoms with E-state index in [1.54, 1.807) is 0 Å². The number of carbonyl (C=O) groups excluding carboxylic acids is 1. The molecule has 1 aromatic rings. The first-order valence-corrected chi connectivity index (χ1v) is 6.59. The van der Waals surface area contributed by atoms with Crippen LogP contribution in [0.5, 0.6) is 0 Å². The molecular weight excluding hydrogens is 226 g/mol. The molecule has 0 saturated carbocycles. The number of fused-ring (bicyclic) bond motifs is 1. The summed E-state index contributed by atoms with van der Waals surface area (Å²) >= 11 is 0. The highest BCUT2D eigenvalue weighted by molar-refractivity contribution is 5.95. The van der Waals surface area contributed by atoms with E-state index in [1.165, 1.54) is 0 Å². The maximum atomic E-state index is 12.2. The van der Waals surface area contributed by atoms with Crippen LogP contribution < -0.4 is 16.0 Å². The van der Waals surface area contributed by atoms with Crippen LogP contribution in [0.15, 0.2) is 18.2 Å². The molecule has 18 heavy (non-hydrogen) atoms. The number of anilines is 2. The van der Waals surface area contributed by atoms with Gasteiger partial charge in [-0.15, -0.1) is 0 Å². The summed E-state index contributed by atoms with van der Waals surface area (Å²) in [6.45, 7) is 4.92. The summed E-state index contributed by atoms with van der Waals surface area (Å²) in [6.07, 6.45) is 2.98. The molecule has 0 bridgehead atoms. The third-order valence-electron chi connectivity index (χ3n) is 3.34. The van der Waals surface area contributed by atoms with E-state index in [4.69, 9.17) is 5.73 Å². The molecule has 0 saturated heterocycles. The summed E-state index contributed by atoms with van der Waals surface area (Å²) in [5, 5.41) is 2.97. The number of amides is 2. The van der Waals surface area contributed by atoms with E-state index in [0.717, 1.165) is 42.7 Å². The smallest absolute Gasteiger partial charge is 0.322 e. The van der Waals surface area contributed by atoms with E-state index in [9.17, 15) is 4.79 Å². The zero-order chi connectivity index (χ0) is 13.1. The molecule has 4 nitrogen and oxygen atoms in total. The monoisotopic (exact) mass is 247 g/mol. The molecule has 98 valence electrons. The Labute approximate surface area is 108 Å². The predicted molar refractivity (Wildman–Crippen MR) is 74.8 cm³/mol. The van der Waals surface area contributed by atoms with Crippen LogP contribution in [0.25, 0.3) is 0 Å². The first-order valence-electron chi connectivity index (χ1n) is 6.59. The second kappa shape index (κ2) is 5.29. The van der Waals surface area contributed by atoms with Crippen LogP contribution in [0, 0.1) is 0 Å². The fourth-order valence-corrected chi connectivity index (χ4v) is 2.42. The van der Waals surface area contributed by atoms with E-state index in [2.05, 4.69) is 19.2 Å². The maximum absolute atomic E-state index is 12.2. The topological polar surface area (TPSA) is 58.4 Å². The van der Waals surface area contributed by atoms with Gasteiger partial charge in [0.25, 0.3) is 0 Å². The van der Waals surface area contributed by atoms with Crippen LogP contribution in [0.1, 0.15) is 32.3 Å². The average molecular weight is 247 g/mol. The fourth-order valence-electron chi connectivity index (χ4n) is 2.42. The van der Waals surface area contributed by atoms with E-state index < -0.39 is 0 Å². The van der Waals surface area contributed by atoms with Crippen molar-refractivity contribution in [2.45, 2.75) is 39.2 Å². The summed E-state index contributed by atoms with van der Waals surface area (Å²) in [4.78, 5) is 14.0. The summed E-state index contributed by atoms with van der Waals surface area (Å²) < 4.78 is 0. The Bertz CT molecular complexity index is 445. The Morgan fingerprint density at radius 2 is 2.33 bits per heavy atom. The molecule has 0 spiro atoms. The Morgan fingerprint density at radius 3 is 3.06 bits per heavy atom. The lowest BCUT2D eigenvalue weighted by Crippen LogP contribution is -2.43. The standard InChI is InChI=1S/C14H21N3O/c1-3-4-7-16-14(18)17-10(2)8-11-9-12(15)5-6-13(11)17/h5-6,9-10H,3-4,7-8,15H2,1-2H3,(H,16,18). The third kappa shape index (κ3) is 2.42. The Hall–Kier alpha value is -1.71. The first kappa shape index (κ1) is 12.7. The van der Waals surface area contributed by atoms with Crippen molar-refractivity contribution in [1.82, 2.24) is 5.32 Å². The first-order chi connectivity index (χ1) is 8.63. The van der Waals surface area contributed by atoms with Gasteiger partial charge in [0.05, 0.1) is 0 Å². The number of nitrogens with one attached hydrogen (secondary N) is 1. The molecule has 0 radical (unpaired) electrons. The van der Waals surface area contributed by atoms with Gasteiger partial charge in [-0.25, -0.2) is 4.79 Å². The lowest BCUT2D eigenvalue weighted by molar-refractivity contribution is 0.245. The number of nitrogen functional groups attached to an aromatic ring is 1. The van der Waals surface area contributed by atoms with Gasteiger partial charge in [0.2, 0.25) is 0 Å². The summed E-state index contributed by atoms with van der Waals surface area (Å²) in [6, 6.07) is 5.95. The number of rotatable bonds is 3. The van der Waals surface area contributed by atoms with Gasteiger partial charge < -0.3 is 11.1 Å². The highest BCUT2D eigenvalue weighted by atomic mass is 16.2. The molecule has 0 aromatic heterocycles. The van der Waals surface area contributed by atoms with Crippen molar-refractivity contribution in [3.8, 4) is 0 Å². The molecule has 1 unspecified atom stereocenters. The second-order valence-electron chi connectivity index (χ2n) is 4.90. The molecule has 1 heterocycles. The number of carbonyl (C=O) groups is 1. The number of hydrogen-bond acceptors (Lipinski definition) is 2. The summed E-state index contributed by atoms with van der Waals surface area (Å²) in [5.74, 6) is 0. The van der Waals surface area contributed by atoms with E-state index in [0.29, 0.717) is 0 Å². The molecule has 1 atom stereocenters. The Morgan fingerprint density at radius 1 is 1.56 bits per heavy atom. The molecule has 3 N–H and O–H groups in total. The minimum Gasteiger partial charge on any atom is -0.399 e. The minimum atomic E-state index is -0.000489. The van der Waals surface area contributed by atoms with Crippen LogP contribution in [-0.4, -0.2) is 18.6 Å². The van der Waals surface area contributed by atoms with Gasteiger partial charge in [0.15, 0.2) is 0 Å². The van der Waals surface area contributed by atoms with E-state index in [1.807, 2.05) is 23.1 Å². The summed E-state index contributed by atoms with van der Waals surface area (Å²) in [7, 11) is 0. The van der Waals surface area contributed by atoms with Gasteiger partial charge in [-0.3, -0.25) is 4.90 Å². The predicted octanol–water partition coefficient (Wildman–Crippen LogP) is 2.53. The minimum absolute atomic E-state index is 0.000489. The molecule has 4 heteroatoms. The van der Waals surface area contributed by atoms with Gasteiger partial charge in [-0.1, -0.05) is 13.3 Å². The number of benzene rings is 1. The Balaban J connectivity index is 2.12. The van der Waals surface area contributed by atoms with Crippen molar-refractivity contribution in [2.24, 2.45) is 0 Å². The van der Waals surface area contributed by atoms with Crippen LogP contribution in [0.4, 0.5) is 16.2 Å². The average Bonchev–Trinajstić information content (AvgIpc) is 2.64. The van der Waals surface area contributed by atoms with E-state index in [-0.39, 0.29) is 12.1 Å². The number of nitrogens with two attached hydrogens (primary N) is 1. The normalized spacial score (nSPS) is 17.7. The molecule has 0 aliphatic carbocycles. The fraction of sp³-hybridized carbons (Fsp3) is 0.500. The number of urea groups is 1. The molecule has 0 fully saturated rings. The quantitative estimate of drug-likeness (QED) is 0.637. The highest BCUT2D eigenvalue weighted by Crippen LogP contribution is 2.33. The zero-order valence-corrected chi connectivity index (χ0v) is 11.1. The largest absolute Gasteiger partial charge is 0.399 e. The van der Waals surface area contributed by atoms with Crippen molar-refractivity contribution in [3.05, 3.63) is 23.8 Å². The van der Waals surface area contributed by atoms with Gasteiger partial charge in [-0.2, -0.15) is 0 Å². The van der Waals surface area contributed by atoms with Crippen LogP contribution >= 0.6 is 0 Å². The molecule has 1 aliphatic heterocycles. The lowest BCUT2D eigenvalue weighted by Gasteiger charge is -2.23. The zero-order valence-electron chi connectivity index (χ0n) is 11.1. The molecule has 2 amide bonds. The lowest BCUT2D eigenvalue weighted by atomic mass is 10.1. The SMILES string of the molecule is CCCCNC(=O)N1c2ccc(N)cc2CC1C. The molecule has 1 aliphatic rings. The number of nitrogens with zero attached hydrogens (tertiary/aromatic N) is 1. The number of hydrogen-bond donors (Lipinski definition) is 2. The number of unbranched alkanes of at least 4 members (excludes halogenated alkanes) is 1. The van der Waals surface area contributed by atoms with Crippen LogP contribution in [0.2, 0.25) is 0 Å². The van der Waals surface area contributed by atoms with Crippen molar-refractivity contribution >= 4 is 17.4 Å². The van der Waals surface area contributed by atoms with Crippen molar-refractivity contribution in [2.75, 3.05) is 17.2 Å². The van der Waals surface area contributed by atoms with Crippen molar-refractivity contribution in [3.63, 3.8) is 0 Å². The second-order valence-corrected chi connectivity index (χ2v) is 4.90. The summed E-state index contributed by atoms with van der Waals surface area (Å²) in [5.41, 5.74) is 8.69. The molecule has 2 rings (SSSR count). The van der Waals surface area contributed by atoms with Gasteiger partial charge in [0, 0.05) is 24.0 Å². The Kier molecular flexibility index (Phi) is 3.75. The van der Waals surface area contributed by atoms with E-state index >= 15 is 0 Å². The van der Waals surface area contributed by atoms with Gasteiger partial charge >= 0.3 is 6.03 Å². The van der Waals surface area contributed by atoms with Crippen molar-refractivity contribution in [1.29, 1.82) is 0 Å². The third-order valence-corrected chi connectivity index (χ3v) is 3.34.